The Morgan fingerprint density at radius 3 is 2.63 bits per heavy atom. The summed E-state index contributed by atoms with van der Waals surface area (Å²) in [6.45, 7) is 3.68. The minimum atomic E-state index is 0.642. The van der Waals surface area contributed by atoms with Crippen LogP contribution in [0.1, 0.15) is 12.8 Å². The van der Waals surface area contributed by atoms with Crippen LogP contribution in [0.15, 0.2) is 24.3 Å². The van der Waals surface area contributed by atoms with Crippen LogP contribution in [-0.2, 0) is 4.74 Å². The summed E-state index contributed by atoms with van der Waals surface area (Å²) in [5, 5.41) is 3.75. The largest absolute Gasteiger partial charge is 0.381 e. The van der Waals surface area contributed by atoms with E-state index in [-0.39, 0.29) is 0 Å². The average Bonchev–Trinajstić information content (AvgIpc) is 2.50. The highest BCUT2D eigenvalue weighted by atomic mass is 32.2. The van der Waals surface area contributed by atoms with Gasteiger partial charge in [0, 0.05) is 19.1 Å². The van der Waals surface area contributed by atoms with Crippen molar-refractivity contribution in [3.63, 3.8) is 0 Å². The normalized spacial score (nSPS) is 21.4. The van der Waals surface area contributed by atoms with E-state index in [2.05, 4.69) is 46.2 Å². The first-order chi connectivity index (χ1) is 9.43. The van der Waals surface area contributed by atoms with Crippen molar-refractivity contribution in [2.45, 2.75) is 18.9 Å². The number of para-hydroxylation sites is 2. The van der Waals surface area contributed by atoms with E-state index in [1.165, 1.54) is 35.7 Å². The smallest absolute Gasteiger partial charge is 0.0642 e. The second-order valence-corrected chi connectivity index (χ2v) is 6.37. The second-order valence-electron chi connectivity index (χ2n) is 5.15. The number of hydrogen-bond acceptors (Lipinski definition) is 4. The summed E-state index contributed by atoms with van der Waals surface area (Å²) >= 11 is 2.07. The maximum Gasteiger partial charge on any atom is 0.0642 e. The van der Waals surface area contributed by atoms with Crippen LogP contribution in [0.3, 0.4) is 0 Å². The lowest BCUT2D eigenvalue weighted by atomic mass is 10.1. The molecule has 2 aliphatic rings. The highest BCUT2D eigenvalue weighted by Gasteiger charge is 2.18. The fraction of sp³-hybridized carbons (Fsp3) is 0.600. The lowest BCUT2D eigenvalue weighted by Crippen LogP contribution is -2.37. The molecule has 0 bridgehead atoms. The third-order valence-corrected chi connectivity index (χ3v) is 4.89. The molecule has 4 heteroatoms. The molecule has 0 amide bonds. The number of anilines is 2. The zero-order valence-corrected chi connectivity index (χ0v) is 12.1. The molecule has 2 aliphatic heterocycles. The molecule has 2 fully saturated rings. The summed E-state index contributed by atoms with van der Waals surface area (Å²) in [4.78, 5) is 2.43. The molecule has 19 heavy (non-hydrogen) atoms. The number of nitrogens with one attached hydrogen (secondary N) is 1. The third-order valence-electron chi connectivity index (χ3n) is 3.84. The highest BCUT2D eigenvalue weighted by molar-refractivity contribution is 7.99. The molecular formula is C15H22N2OS. The molecule has 0 atom stereocenters. The average molecular weight is 278 g/mol. The number of thioether (sulfide) groups is 1. The van der Waals surface area contributed by atoms with Crippen molar-refractivity contribution in [1.82, 2.24) is 0 Å². The van der Waals surface area contributed by atoms with E-state index in [4.69, 9.17) is 4.74 Å². The van der Waals surface area contributed by atoms with E-state index in [0.717, 1.165) is 26.3 Å². The van der Waals surface area contributed by atoms with Gasteiger partial charge in [-0.25, -0.2) is 0 Å². The van der Waals surface area contributed by atoms with Crippen molar-refractivity contribution in [3.8, 4) is 0 Å². The monoisotopic (exact) mass is 278 g/mol. The van der Waals surface area contributed by atoms with Gasteiger partial charge in [0.1, 0.15) is 0 Å². The molecule has 0 aromatic heterocycles. The van der Waals surface area contributed by atoms with Gasteiger partial charge in [-0.2, -0.15) is 11.8 Å². The Hall–Kier alpha value is -0.870. The van der Waals surface area contributed by atoms with Gasteiger partial charge in [-0.05, 0) is 36.5 Å². The van der Waals surface area contributed by atoms with E-state index in [1.807, 2.05) is 0 Å². The minimum Gasteiger partial charge on any atom is -0.381 e. The number of benzene rings is 1. The zero-order chi connectivity index (χ0) is 12.9. The molecule has 1 N–H and O–H groups in total. The molecule has 104 valence electrons. The van der Waals surface area contributed by atoms with E-state index in [9.17, 15) is 0 Å². The first-order valence-corrected chi connectivity index (χ1v) is 8.35. The molecule has 3 rings (SSSR count). The van der Waals surface area contributed by atoms with E-state index >= 15 is 0 Å². The molecule has 2 heterocycles. The van der Waals surface area contributed by atoms with Gasteiger partial charge in [0.25, 0.3) is 0 Å². The standard InChI is InChI=1S/C15H22N2OS/c1-2-4-15(17-7-9-18-10-8-17)14(3-1)16-13-5-11-19-12-6-13/h1-4,13,16H,5-12H2. The fourth-order valence-corrected chi connectivity index (χ4v) is 3.84. The Balaban J connectivity index is 1.72. The number of nitrogens with zero attached hydrogens (tertiary/aromatic N) is 1. The van der Waals surface area contributed by atoms with Crippen LogP contribution in [0.5, 0.6) is 0 Å². The van der Waals surface area contributed by atoms with Gasteiger partial charge in [0.15, 0.2) is 0 Å². The van der Waals surface area contributed by atoms with Gasteiger partial charge < -0.3 is 15.0 Å². The lowest BCUT2D eigenvalue weighted by molar-refractivity contribution is 0.123. The number of ether oxygens (including phenoxy) is 1. The van der Waals surface area contributed by atoms with Crippen molar-refractivity contribution in [1.29, 1.82) is 0 Å². The molecule has 2 saturated heterocycles. The van der Waals surface area contributed by atoms with E-state index in [1.54, 1.807) is 0 Å². The van der Waals surface area contributed by atoms with E-state index in [0.29, 0.717) is 6.04 Å². The zero-order valence-electron chi connectivity index (χ0n) is 11.3. The lowest BCUT2D eigenvalue weighted by Gasteiger charge is -2.32. The molecule has 1 aromatic carbocycles. The molecular weight excluding hydrogens is 256 g/mol. The molecule has 1 aromatic rings. The Kier molecular flexibility index (Phi) is 4.51. The SMILES string of the molecule is c1ccc(N2CCOCC2)c(NC2CCSCC2)c1. The highest BCUT2D eigenvalue weighted by Crippen LogP contribution is 2.29. The van der Waals surface area contributed by atoms with Crippen molar-refractivity contribution in [2.24, 2.45) is 0 Å². The predicted octanol–water partition coefficient (Wildman–Crippen LogP) is 2.83. The second kappa shape index (κ2) is 6.53. The summed E-state index contributed by atoms with van der Waals surface area (Å²) < 4.78 is 5.45. The van der Waals surface area contributed by atoms with Crippen LogP contribution in [0, 0.1) is 0 Å². The molecule has 0 aliphatic carbocycles. The topological polar surface area (TPSA) is 24.5 Å². The maximum absolute atomic E-state index is 5.45. The molecule has 0 spiro atoms. The van der Waals surface area contributed by atoms with Crippen molar-refractivity contribution < 1.29 is 4.74 Å². The quantitative estimate of drug-likeness (QED) is 0.919. The van der Waals surface area contributed by atoms with Crippen LogP contribution in [0.25, 0.3) is 0 Å². The Morgan fingerprint density at radius 2 is 1.84 bits per heavy atom. The first kappa shape index (κ1) is 13.1. The van der Waals surface area contributed by atoms with Crippen molar-refractivity contribution in [2.75, 3.05) is 48.0 Å². The van der Waals surface area contributed by atoms with Gasteiger partial charge in [-0.1, -0.05) is 12.1 Å². The predicted molar refractivity (Wildman–Crippen MR) is 83.4 cm³/mol. The summed E-state index contributed by atoms with van der Waals surface area (Å²) in [7, 11) is 0. The van der Waals surface area contributed by atoms with Gasteiger partial charge in [0.2, 0.25) is 0 Å². The molecule has 0 radical (unpaired) electrons. The minimum absolute atomic E-state index is 0.642. The number of morpholine rings is 1. The van der Waals surface area contributed by atoms with Crippen molar-refractivity contribution in [3.05, 3.63) is 24.3 Å². The fourth-order valence-electron chi connectivity index (χ4n) is 2.74. The summed E-state index contributed by atoms with van der Waals surface area (Å²) in [6, 6.07) is 9.34. The van der Waals surface area contributed by atoms with Gasteiger partial charge in [-0.3, -0.25) is 0 Å². The van der Waals surface area contributed by atoms with Crippen LogP contribution in [-0.4, -0.2) is 43.9 Å². The van der Waals surface area contributed by atoms with Crippen LogP contribution < -0.4 is 10.2 Å². The van der Waals surface area contributed by atoms with Crippen LogP contribution in [0.4, 0.5) is 11.4 Å². The Bertz CT molecular complexity index is 401. The van der Waals surface area contributed by atoms with Crippen LogP contribution >= 0.6 is 11.8 Å². The Labute approximate surface area is 119 Å². The van der Waals surface area contributed by atoms with Gasteiger partial charge in [0.05, 0.1) is 24.6 Å². The van der Waals surface area contributed by atoms with Gasteiger partial charge in [-0.15, -0.1) is 0 Å². The summed E-state index contributed by atoms with van der Waals surface area (Å²) in [5.41, 5.74) is 2.63. The number of rotatable bonds is 3. The van der Waals surface area contributed by atoms with Crippen molar-refractivity contribution >= 4 is 23.1 Å². The van der Waals surface area contributed by atoms with E-state index < -0.39 is 0 Å². The summed E-state index contributed by atoms with van der Waals surface area (Å²) in [6.07, 6.45) is 2.56. The first-order valence-electron chi connectivity index (χ1n) is 7.19. The number of hydrogen-bond donors (Lipinski definition) is 1. The molecule has 0 unspecified atom stereocenters. The Morgan fingerprint density at radius 1 is 1.11 bits per heavy atom. The van der Waals surface area contributed by atoms with Gasteiger partial charge >= 0.3 is 0 Å². The van der Waals surface area contributed by atoms with Crippen LogP contribution in [0.2, 0.25) is 0 Å². The maximum atomic E-state index is 5.45. The third kappa shape index (κ3) is 3.37. The molecule has 0 saturated carbocycles. The molecule has 3 nitrogen and oxygen atoms in total. The summed E-state index contributed by atoms with van der Waals surface area (Å²) in [5.74, 6) is 2.58.